The van der Waals surface area contributed by atoms with Crippen molar-refractivity contribution in [2.75, 3.05) is 26.7 Å². The number of hydrogen-bond acceptors (Lipinski definition) is 7. The lowest BCUT2D eigenvalue weighted by Crippen LogP contribution is -2.44. The number of aromatic nitrogens is 5. The lowest BCUT2D eigenvalue weighted by atomic mass is 10.2. The van der Waals surface area contributed by atoms with Crippen molar-refractivity contribution < 1.29 is 4.52 Å². The molecule has 132 valence electrons. The van der Waals surface area contributed by atoms with E-state index in [0.717, 1.165) is 25.3 Å². The summed E-state index contributed by atoms with van der Waals surface area (Å²) in [6.45, 7) is 2.70. The van der Waals surface area contributed by atoms with Gasteiger partial charge in [0.2, 0.25) is 0 Å². The first kappa shape index (κ1) is 17.8. The highest BCUT2D eigenvalue weighted by atomic mass is 35.5. The number of rotatable bonds is 3. The van der Waals surface area contributed by atoms with Gasteiger partial charge in [-0.3, -0.25) is 4.90 Å². The van der Waals surface area contributed by atoms with Crippen LogP contribution in [0.3, 0.4) is 0 Å². The molecule has 0 aliphatic carbocycles. The SMILES string of the molecule is CN1CCNCC1c1noc(-c2cn(-c3ccccc3Cl)nn2)n1.Cl. The van der Waals surface area contributed by atoms with Gasteiger partial charge >= 0.3 is 0 Å². The van der Waals surface area contributed by atoms with Crippen LogP contribution >= 0.6 is 24.0 Å². The van der Waals surface area contributed by atoms with E-state index < -0.39 is 0 Å². The number of halogens is 2. The Labute approximate surface area is 155 Å². The second-order valence-electron chi connectivity index (χ2n) is 5.66. The number of para-hydroxylation sites is 1. The molecule has 4 rings (SSSR count). The Morgan fingerprint density at radius 3 is 2.96 bits per heavy atom. The zero-order valence-electron chi connectivity index (χ0n) is 13.5. The summed E-state index contributed by atoms with van der Waals surface area (Å²) in [7, 11) is 2.05. The van der Waals surface area contributed by atoms with Crippen molar-refractivity contribution in [1.82, 2.24) is 35.4 Å². The molecule has 1 aromatic carbocycles. The molecule has 1 saturated heterocycles. The van der Waals surface area contributed by atoms with E-state index in [2.05, 4.69) is 37.7 Å². The molecule has 25 heavy (non-hydrogen) atoms. The predicted molar refractivity (Wildman–Crippen MR) is 95.1 cm³/mol. The van der Waals surface area contributed by atoms with Crippen LogP contribution < -0.4 is 5.32 Å². The summed E-state index contributed by atoms with van der Waals surface area (Å²) < 4.78 is 6.96. The quantitative estimate of drug-likeness (QED) is 0.741. The minimum atomic E-state index is 0. The molecule has 8 nitrogen and oxygen atoms in total. The predicted octanol–water partition coefficient (Wildman–Crippen LogP) is 1.97. The molecule has 0 amide bonds. The second-order valence-corrected chi connectivity index (χ2v) is 6.07. The lowest BCUT2D eigenvalue weighted by Gasteiger charge is -2.30. The first-order valence-corrected chi connectivity index (χ1v) is 8.02. The third-order valence-corrected chi connectivity index (χ3v) is 4.38. The van der Waals surface area contributed by atoms with Crippen LogP contribution in [0.25, 0.3) is 17.3 Å². The van der Waals surface area contributed by atoms with E-state index in [4.69, 9.17) is 16.1 Å². The first-order valence-electron chi connectivity index (χ1n) is 7.64. The van der Waals surface area contributed by atoms with E-state index >= 15 is 0 Å². The monoisotopic (exact) mass is 381 g/mol. The highest BCUT2D eigenvalue weighted by Crippen LogP contribution is 2.23. The summed E-state index contributed by atoms with van der Waals surface area (Å²) in [5.41, 5.74) is 1.26. The summed E-state index contributed by atoms with van der Waals surface area (Å²) in [5, 5.41) is 16.2. The Morgan fingerprint density at radius 2 is 2.16 bits per heavy atom. The Bertz CT molecular complexity index is 850. The number of piperazine rings is 1. The molecule has 1 unspecified atom stereocenters. The minimum absolute atomic E-state index is 0. The third kappa shape index (κ3) is 3.52. The topological polar surface area (TPSA) is 84.9 Å². The van der Waals surface area contributed by atoms with E-state index in [1.165, 1.54) is 0 Å². The van der Waals surface area contributed by atoms with Gasteiger partial charge in [-0.2, -0.15) is 4.98 Å². The molecule has 2 aromatic heterocycles. The molecule has 3 heterocycles. The Hall–Kier alpha value is -2.00. The number of nitrogens with one attached hydrogen (secondary N) is 1. The van der Waals surface area contributed by atoms with Crippen molar-refractivity contribution in [2.24, 2.45) is 0 Å². The lowest BCUT2D eigenvalue weighted by molar-refractivity contribution is 0.190. The number of likely N-dealkylation sites (N-methyl/N-ethyl adjacent to an activating group) is 1. The maximum Gasteiger partial charge on any atom is 0.280 e. The largest absolute Gasteiger partial charge is 0.332 e. The summed E-state index contributed by atoms with van der Waals surface area (Å²) in [5.74, 6) is 0.995. The molecule has 3 aromatic rings. The molecular formula is C15H17Cl2N7O. The van der Waals surface area contributed by atoms with Gasteiger partial charge in [-0.15, -0.1) is 17.5 Å². The van der Waals surface area contributed by atoms with Crippen LogP contribution in [-0.4, -0.2) is 56.7 Å². The van der Waals surface area contributed by atoms with Crippen molar-refractivity contribution in [1.29, 1.82) is 0 Å². The van der Waals surface area contributed by atoms with Crippen LogP contribution in [0, 0.1) is 0 Å². The van der Waals surface area contributed by atoms with Gasteiger partial charge in [0.1, 0.15) is 0 Å². The van der Waals surface area contributed by atoms with Gasteiger partial charge < -0.3 is 9.84 Å². The maximum atomic E-state index is 6.18. The molecule has 0 radical (unpaired) electrons. The zero-order chi connectivity index (χ0) is 16.5. The van der Waals surface area contributed by atoms with Crippen molar-refractivity contribution >= 4 is 24.0 Å². The highest BCUT2D eigenvalue weighted by molar-refractivity contribution is 6.32. The van der Waals surface area contributed by atoms with Crippen molar-refractivity contribution in [3.63, 3.8) is 0 Å². The smallest absolute Gasteiger partial charge is 0.280 e. The average molecular weight is 382 g/mol. The molecule has 1 aliphatic rings. The maximum absolute atomic E-state index is 6.18. The van der Waals surface area contributed by atoms with Gasteiger partial charge in [0.15, 0.2) is 11.5 Å². The molecule has 0 bridgehead atoms. The number of hydrogen-bond donors (Lipinski definition) is 1. The molecule has 1 fully saturated rings. The van der Waals surface area contributed by atoms with E-state index in [1.807, 2.05) is 18.2 Å². The molecule has 1 N–H and O–H groups in total. The van der Waals surface area contributed by atoms with Gasteiger partial charge in [0.05, 0.1) is 22.9 Å². The van der Waals surface area contributed by atoms with Crippen LogP contribution in [0.5, 0.6) is 0 Å². The van der Waals surface area contributed by atoms with Gasteiger partial charge in [0, 0.05) is 19.6 Å². The van der Waals surface area contributed by atoms with E-state index in [1.54, 1.807) is 16.9 Å². The fourth-order valence-corrected chi connectivity index (χ4v) is 2.91. The highest BCUT2D eigenvalue weighted by Gasteiger charge is 2.26. The van der Waals surface area contributed by atoms with Gasteiger partial charge in [-0.25, -0.2) is 4.68 Å². The first-order chi connectivity index (χ1) is 11.7. The van der Waals surface area contributed by atoms with Crippen LogP contribution in [0.4, 0.5) is 0 Å². The average Bonchev–Trinajstić information content (AvgIpc) is 3.25. The van der Waals surface area contributed by atoms with Crippen molar-refractivity contribution in [3.8, 4) is 17.3 Å². The molecule has 0 saturated carbocycles. The molecule has 1 aliphatic heterocycles. The van der Waals surface area contributed by atoms with Crippen molar-refractivity contribution in [3.05, 3.63) is 41.3 Å². The van der Waals surface area contributed by atoms with Crippen LogP contribution in [0.2, 0.25) is 5.02 Å². The summed E-state index contributed by atoms with van der Waals surface area (Å²) in [4.78, 5) is 6.68. The van der Waals surface area contributed by atoms with Gasteiger partial charge in [-0.1, -0.05) is 34.1 Å². The Balaban J connectivity index is 0.00000182. The fourth-order valence-electron chi connectivity index (χ4n) is 2.69. The molecule has 10 heteroatoms. The van der Waals surface area contributed by atoms with Crippen molar-refractivity contribution in [2.45, 2.75) is 6.04 Å². The fraction of sp³-hybridized carbons (Fsp3) is 0.333. The standard InChI is InChI=1S/C15H16ClN7O.ClH/c1-22-7-6-17-8-13(22)14-18-15(24-20-14)11-9-23(21-19-11)12-5-3-2-4-10(12)16;/h2-5,9,13,17H,6-8H2,1H3;1H. The van der Waals surface area contributed by atoms with Crippen LogP contribution in [0.15, 0.2) is 35.0 Å². The molecule has 0 spiro atoms. The number of nitrogens with zero attached hydrogens (tertiary/aromatic N) is 6. The van der Waals surface area contributed by atoms with Crippen LogP contribution in [-0.2, 0) is 0 Å². The van der Waals surface area contributed by atoms with E-state index in [0.29, 0.717) is 22.4 Å². The third-order valence-electron chi connectivity index (χ3n) is 4.06. The van der Waals surface area contributed by atoms with Gasteiger partial charge in [-0.05, 0) is 19.2 Å². The Morgan fingerprint density at radius 1 is 1.32 bits per heavy atom. The molecule has 1 atom stereocenters. The summed E-state index contributed by atoms with van der Waals surface area (Å²) in [6, 6.07) is 7.51. The van der Waals surface area contributed by atoms with E-state index in [-0.39, 0.29) is 18.4 Å². The van der Waals surface area contributed by atoms with E-state index in [9.17, 15) is 0 Å². The van der Waals surface area contributed by atoms with Crippen LogP contribution in [0.1, 0.15) is 11.9 Å². The van der Waals surface area contributed by atoms with Gasteiger partial charge in [0.25, 0.3) is 5.89 Å². The minimum Gasteiger partial charge on any atom is -0.332 e. The summed E-state index contributed by atoms with van der Waals surface area (Å²) >= 11 is 6.18. The molecular weight excluding hydrogens is 365 g/mol. The second kappa shape index (κ2) is 7.49. The Kier molecular flexibility index (Phi) is 5.33. The normalized spacial score (nSPS) is 18.1. The number of benzene rings is 1. The zero-order valence-corrected chi connectivity index (χ0v) is 15.0. The summed E-state index contributed by atoms with van der Waals surface area (Å²) in [6.07, 6.45) is 1.72.